The summed E-state index contributed by atoms with van der Waals surface area (Å²) in [7, 11) is 0. The van der Waals surface area contributed by atoms with E-state index in [-0.39, 0.29) is 5.91 Å². The molecule has 20 heavy (non-hydrogen) atoms. The highest BCUT2D eigenvalue weighted by molar-refractivity contribution is 6.32. The number of halogens is 1. The summed E-state index contributed by atoms with van der Waals surface area (Å²) in [6, 6.07) is 14.7. The number of carbonyl (C=O) groups is 1. The molecule has 0 aliphatic rings. The Morgan fingerprint density at radius 3 is 2.65 bits per heavy atom. The molecule has 2 aromatic carbocycles. The van der Waals surface area contributed by atoms with Crippen molar-refractivity contribution < 1.29 is 9.53 Å². The molecule has 1 amide bonds. The molecule has 0 radical (unpaired) electrons. The first kappa shape index (κ1) is 14.4. The lowest BCUT2D eigenvalue weighted by Gasteiger charge is -2.15. The van der Waals surface area contributed by atoms with E-state index in [1.54, 1.807) is 19.1 Å². The number of para-hydroxylation sites is 1. The van der Waals surface area contributed by atoms with Gasteiger partial charge in [-0.05, 0) is 43.7 Å². The molecule has 0 saturated carbocycles. The topological polar surface area (TPSA) is 38.3 Å². The van der Waals surface area contributed by atoms with Gasteiger partial charge < -0.3 is 10.1 Å². The second-order valence-electron chi connectivity index (χ2n) is 4.55. The van der Waals surface area contributed by atoms with E-state index < -0.39 is 6.10 Å². The van der Waals surface area contributed by atoms with Gasteiger partial charge in [-0.15, -0.1) is 0 Å². The Bertz CT molecular complexity index is 613. The first-order valence-electron chi connectivity index (χ1n) is 6.35. The van der Waals surface area contributed by atoms with Crippen molar-refractivity contribution in [1.82, 2.24) is 0 Å². The number of aryl methyl sites for hydroxylation is 1. The lowest BCUT2D eigenvalue weighted by molar-refractivity contribution is -0.122. The minimum atomic E-state index is -0.629. The molecule has 0 heterocycles. The zero-order valence-corrected chi connectivity index (χ0v) is 12.1. The van der Waals surface area contributed by atoms with Gasteiger partial charge in [0.05, 0.1) is 5.02 Å². The standard InChI is InChI=1S/C16H16ClNO2/c1-11-6-5-7-13(10-11)18-16(19)12(2)20-15-9-4-3-8-14(15)17/h3-10,12H,1-2H3,(H,18,19). The number of hydrogen-bond donors (Lipinski definition) is 1. The van der Waals surface area contributed by atoms with Gasteiger partial charge in [-0.2, -0.15) is 0 Å². The third-order valence-electron chi connectivity index (χ3n) is 2.80. The quantitative estimate of drug-likeness (QED) is 0.922. The summed E-state index contributed by atoms with van der Waals surface area (Å²) in [5, 5.41) is 3.30. The first-order chi connectivity index (χ1) is 9.56. The second kappa shape index (κ2) is 6.44. The number of ether oxygens (including phenoxy) is 1. The van der Waals surface area contributed by atoms with Crippen LogP contribution in [0.4, 0.5) is 5.69 Å². The molecule has 2 rings (SSSR count). The number of rotatable bonds is 4. The van der Waals surface area contributed by atoms with Crippen LogP contribution >= 0.6 is 11.6 Å². The second-order valence-corrected chi connectivity index (χ2v) is 4.96. The molecule has 1 N–H and O–H groups in total. The minimum Gasteiger partial charge on any atom is -0.479 e. The van der Waals surface area contributed by atoms with Crippen molar-refractivity contribution in [3.63, 3.8) is 0 Å². The van der Waals surface area contributed by atoms with Crippen LogP contribution in [0.2, 0.25) is 5.02 Å². The van der Waals surface area contributed by atoms with Gasteiger partial charge in [0.15, 0.2) is 6.10 Å². The van der Waals surface area contributed by atoms with E-state index in [0.29, 0.717) is 10.8 Å². The van der Waals surface area contributed by atoms with Crippen LogP contribution in [0.5, 0.6) is 5.75 Å². The Hall–Kier alpha value is -2.00. The monoisotopic (exact) mass is 289 g/mol. The van der Waals surface area contributed by atoms with E-state index in [0.717, 1.165) is 11.3 Å². The van der Waals surface area contributed by atoms with Gasteiger partial charge in [-0.25, -0.2) is 0 Å². The minimum absolute atomic E-state index is 0.212. The number of anilines is 1. The summed E-state index contributed by atoms with van der Waals surface area (Å²) in [6.07, 6.45) is -0.629. The Kier molecular flexibility index (Phi) is 4.64. The highest BCUT2D eigenvalue weighted by Gasteiger charge is 2.16. The van der Waals surface area contributed by atoms with Crippen molar-refractivity contribution in [2.24, 2.45) is 0 Å². The molecule has 0 fully saturated rings. The number of hydrogen-bond acceptors (Lipinski definition) is 2. The van der Waals surface area contributed by atoms with E-state index in [4.69, 9.17) is 16.3 Å². The number of nitrogens with one attached hydrogen (secondary N) is 1. The Labute approximate surface area is 123 Å². The Balaban J connectivity index is 2.01. The molecular formula is C16H16ClNO2. The van der Waals surface area contributed by atoms with Crippen LogP contribution in [0.3, 0.4) is 0 Å². The molecule has 0 aromatic heterocycles. The summed E-state index contributed by atoms with van der Waals surface area (Å²) >= 11 is 6.00. The smallest absolute Gasteiger partial charge is 0.265 e. The molecule has 0 aliphatic heterocycles. The first-order valence-corrected chi connectivity index (χ1v) is 6.73. The molecule has 3 nitrogen and oxygen atoms in total. The molecule has 1 atom stereocenters. The van der Waals surface area contributed by atoms with Crippen LogP contribution < -0.4 is 10.1 Å². The van der Waals surface area contributed by atoms with E-state index >= 15 is 0 Å². The lowest BCUT2D eigenvalue weighted by atomic mass is 10.2. The largest absolute Gasteiger partial charge is 0.479 e. The fourth-order valence-electron chi connectivity index (χ4n) is 1.75. The van der Waals surface area contributed by atoms with Crippen LogP contribution in [0.15, 0.2) is 48.5 Å². The summed E-state index contributed by atoms with van der Waals surface area (Å²) < 4.78 is 5.57. The van der Waals surface area contributed by atoms with Gasteiger partial charge >= 0.3 is 0 Å². The normalized spacial score (nSPS) is 11.8. The zero-order valence-electron chi connectivity index (χ0n) is 11.4. The average molecular weight is 290 g/mol. The SMILES string of the molecule is Cc1cccc(NC(=O)C(C)Oc2ccccc2Cl)c1. The molecule has 0 bridgehead atoms. The van der Waals surface area contributed by atoms with E-state index in [9.17, 15) is 4.79 Å². The summed E-state index contributed by atoms with van der Waals surface area (Å²) in [6.45, 7) is 3.66. The summed E-state index contributed by atoms with van der Waals surface area (Å²) in [4.78, 5) is 12.1. The molecule has 2 aromatic rings. The van der Waals surface area contributed by atoms with Crippen molar-refractivity contribution in [2.75, 3.05) is 5.32 Å². The van der Waals surface area contributed by atoms with Crippen LogP contribution in [0.1, 0.15) is 12.5 Å². The van der Waals surface area contributed by atoms with Crippen LogP contribution in [0.25, 0.3) is 0 Å². The fourth-order valence-corrected chi connectivity index (χ4v) is 1.93. The highest BCUT2D eigenvalue weighted by Crippen LogP contribution is 2.24. The van der Waals surface area contributed by atoms with Gasteiger partial charge in [-0.3, -0.25) is 4.79 Å². The molecule has 0 saturated heterocycles. The van der Waals surface area contributed by atoms with E-state index in [1.165, 1.54) is 0 Å². The molecule has 4 heteroatoms. The molecular weight excluding hydrogens is 274 g/mol. The number of benzene rings is 2. The maximum Gasteiger partial charge on any atom is 0.265 e. The Morgan fingerprint density at radius 1 is 1.20 bits per heavy atom. The molecule has 0 spiro atoms. The van der Waals surface area contributed by atoms with E-state index in [2.05, 4.69) is 5.32 Å². The highest BCUT2D eigenvalue weighted by atomic mass is 35.5. The van der Waals surface area contributed by atoms with Gasteiger partial charge in [0.25, 0.3) is 5.91 Å². The van der Waals surface area contributed by atoms with Gasteiger partial charge in [0.1, 0.15) is 5.75 Å². The lowest BCUT2D eigenvalue weighted by Crippen LogP contribution is -2.30. The zero-order chi connectivity index (χ0) is 14.5. The number of carbonyl (C=O) groups excluding carboxylic acids is 1. The maximum absolute atomic E-state index is 12.1. The number of amides is 1. The van der Waals surface area contributed by atoms with Gasteiger partial charge in [0, 0.05) is 5.69 Å². The predicted octanol–water partition coefficient (Wildman–Crippen LogP) is 4.05. The fraction of sp³-hybridized carbons (Fsp3) is 0.188. The van der Waals surface area contributed by atoms with Crippen LogP contribution in [-0.4, -0.2) is 12.0 Å². The molecule has 0 aliphatic carbocycles. The third-order valence-corrected chi connectivity index (χ3v) is 3.11. The summed E-state index contributed by atoms with van der Waals surface area (Å²) in [5.41, 5.74) is 1.84. The van der Waals surface area contributed by atoms with Crippen molar-refractivity contribution in [2.45, 2.75) is 20.0 Å². The van der Waals surface area contributed by atoms with Crippen molar-refractivity contribution in [3.05, 3.63) is 59.1 Å². The van der Waals surface area contributed by atoms with Crippen molar-refractivity contribution in [3.8, 4) is 5.75 Å². The van der Waals surface area contributed by atoms with Crippen molar-refractivity contribution in [1.29, 1.82) is 0 Å². The van der Waals surface area contributed by atoms with Crippen LogP contribution in [0, 0.1) is 6.92 Å². The van der Waals surface area contributed by atoms with Crippen molar-refractivity contribution >= 4 is 23.2 Å². The summed E-state index contributed by atoms with van der Waals surface area (Å²) in [5.74, 6) is 0.288. The third kappa shape index (κ3) is 3.75. The Morgan fingerprint density at radius 2 is 1.95 bits per heavy atom. The van der Waals surface area contributed by atoms with Gasteiger partial charge in [0.2, 0.25) is 0 Å². The van der Waals surface area contributed by atoms with Crippen LogP contribution in [-0.2, 0) is 4.79 Å². The molecule has 104 valence electrons. The average Bonchev–Trinajstić information content (AvgIpc) is 2.41. The van der Waals surface area contributed by atoms with Gasteiger partial charge in [-0.1, -0.05) is 35.9 Å². The maximum atomic E-state index is 12.1. The molecule has 1 unspecified atom stereocenters. The predicted molar refractivity (Wildman–Crippen MR) is 81.4 cm³/mol. The van der Waals surface area contributed by atoms with E-state index in [1.807, 2.05) is 43.3 Å².